The first-order chi connectivity index (χ1) is 19.6. The van der Waals surface area contributed by atoms with E-state index >= 15 is 0 Å². The SMILES string of the molecule is CC/C=C\C/C=C\C/C=C\C/C=C\CCCCCCC(=O)OC(/C=C\C/C=C\CC)/C=C\CCCCCC(=O)O. The zero-order valence-electron chi connectivity index (χ0n) is 25.4. The van der Waals surface area contributed by atoms with Crippen molar-refractivity contribution in [3.8, 4) is 0 Å². The molecule has 4 heteroatoms. The third-order valence-corrected chi connectivity index (χ3v) is 6.08. The topological polar surface area (TPSA) is 63.6 Å². The third-order valence-electron chi connectivity index (χ3n) is 6.08. The summed E-state index contributed by atoms with van der Waals surface area (Å²) in [6, 6.07) is 0. The molecule has 0 rings (SSSR count). The Hall–Kier alpha value is -2.88. The van der Waals surface area contributed by atoms with Crippen molar-refractivity contribution < 1.29 is 19.4 Å². The van der Waals surface area contributed by atoms with E-state index in [2.05, 4.69) is 74.6 Å². The summed E-state index contributed by atoms with van der Waals surface area (Å²) in [4.78, 5) is 23.0. The Morgan fingerprint density at radius 2 is 1.00 bits per heavy atom. The minimum atomic E-state index is -0.740. The summed E-state index contributed by atoms with van der Waals surface area (Å²) in [5, 5.41) is 8.72. The van der Waals surface area contributed by atoms with Crippen LogP contribution >= 0.6 is 0 Å². The van der Waals surface area contributed by atoms with Gasteiger partial charge >= 0.3 is 11.9 Å². The molecule has 0 saturated carbocycles. The van der Waals surface area contributed by atoms with Crippen molar-refractivity contribution in [3.05, 3.63) is 85.1 Å². The largest absolute Gasteiger partial charge is 0.481 e. The monoisotopic (exact) mass is 552 g/mol. The van der Waals surface area contributed by atoms with Gasteiger partial charge in [0.1, 0.15) is 6.10 Å². The number of carboxylic acids is 1. The highest BCUT2D eigenvalue weighted by molar-refractivity contribution is 5.69. The number of rotatable bonds is 26. The van der Waals surface area contributed by atoms with Crippen molar-refractivity contribution >= 4 is 11.9 Å². The molecule has 0 aromatic heterocycles. The van der Waals surface area contributed by atoms with E-state index in [4.69, 9.17) is 9.84 Å². The maximum Gasteiger partial charge on any atom is 0.306 e. The van der Waals surface area contributed by atoms with E-state index in [-0.39, 0.29) is 18.5 Å². The number of carboxylic acid groups (broad SMARTS) is 1. The molecule has 1 atom stereocenters. The Labute approximate surface area is 245 Å². The molecule has 0 heterocycles. The predicted molar refractivity (Wildman–Crippen MR) is 171 cm³/mol. The second kappa shape index (κ2) is 30.7. The zero-order chi connectivity index (χ0) is 29.4. The fourth-order valence-corrected chi connectivity index (χ4v) is 3.84. The van der Waals surface area contributed by atoms with Gasteiger partial charge in [-0.1, -0.05) is 106 Å². The van der Waals surface area contributed by atoms with Gasteiger partial charge in [0.25, 0.3) is 0 Å². The van der Waals surface area contributed by atoms with Gasteiger partial charge < -0.3 is 9.84 Å². The van der Waals surface area contributed by atoms with E-state index in [0.29, 0.717) is 12.8 Å². The van der Waals surface area contributed by atoms with E-state index in [1.807, 2.05) is 24.3 Å². The van der Waals surface area contributed by atoms with Crippen LogP contribution in [-0.4, -0.2) is 23.1 Å². The maximum absolute atomic E-state index is 12.4. The van der Waals surface area contributed by atoms with Crippen molar-refractivity contribution in [2.24, 2.45) is 0 Å². The summed E-state index contributed by atoms with van der Waals surface area (Å²) in [5.74, 6) is -0.889. The van der Waals surface area contributed by atoms with Gasteiger partial charge in [0, 0.05) is 12.8 Å². The van der Waals surface area contributed by atoms with E-state index in [0.717, 1.165) is 89.9 Å². The summed E-state index contributed by atoms with van der Waals surface area (Å²) >= 11 is 0. The lowest BCUT2D eigenvalue weighted by Crippen LogP contribution is -2.13. The van der Waals surface area contributed by atoms with Crippen LogP contribution in [0.2, 0.25) is 0 Å². The van der Waals surface area contributed by atoms with E-state index < -0.39 is 5.97 Å². The summed E-state index contributed by atoms with van der Waals surface area (Å²) < 4.78 is 5.71. The van der Waals surface area contributed by atoms with Crippen molar-refractivity contribution in [2.45, 2.75) is 129 Å². The quantitative estimate of drug-likeness (QED) is 0.0658. The fraction of sp³-hybridized carbons (Fsp3) is 0.556. The first-order valence-corrected chi connectivity index (χ1v) is 15.6. The zero-order valence-corrected chi connectivity index (χ0v) is 25.4. The van der Waals surface area contributed by atoms with E-state index in [1.165, 1.54) is 0 Å². The van der Waals surface area contributed by atoms with E-state index in [9.17, 15) is 9.59 Å². The number of esters is 1. The van der Waals surface area contributed by atoms with Crippen LogP contribution in [0.1, 0.15) is 123 Å². The van der Waals surface area contributed by atoms with Crippen LogP contribution in [0.15, 0.2) is 85.1 Å². The molecule has 224 valence electrons. The second-order valence-corrected chi connectivity index (χ2v) is 9.87. The van der Waals surface area contributed by atoms with Gasteiger partial charge in [0.2, 0.25) is 0 Å². The summed E-state index contributed by atoms with van der Waals surface area (Å²) in [7, 11) is 0. The molecule has 0 aliphatic carbocycles. The Morgan fingerprint density at radius 1 is 0.550 bits per heavy atom. The molecule has 0 aromatic rings. The first kappa shape index (κ1) is 37.1. The Kier molecular flexibility index (Phi) is 28.5. The standard InChI is InChI=1S/C36H56O4/c1-3-5-7-9-10-11-12-13-14-15-16-17-18-19-20-25-29-33-36(39)40-34(30-26-22-8-6-4-2)31-27-23-21-24-28-32-35(37)38/h5-8,10-11,13-14,16-17,26-27,30-31,34H,3-4,9,12,15,18-25,28-29,32-33H2,1-2H3,(H,37,38)/b7-5-,8-6-,11-10-,14-13-,17-16-,30-26-,31-27-. The molecule has 0 aromatic carbocycles. The molecular weight excluding hydrogens is 496 g/mol. The number of carbonyl (C=O) groups is 2. The van der Waals surface area contributed by atoms with Crippen molar-refractivity contribution in [2.75, 3.05) is 0 Å². The molecular formula is C36H56O4. The van der Waals surface area contributed by atoms with Crippen LogP contribution in [0.25, 0.3) is 0 Å². The minimum absolute atomic E-state index is 0.149. The Bertz CT molecular complexity index is 811. The first-order valence-electron chi connectivity index (χ1n) is 15.6. The third kappa shape index (κ3) is 29.7. The molecule has 0 fully saturated rings. The van der Waals surface area contributed by atoms with Crippen LogP contribution in [0, 0.1) is 0 Å². The van der Waals surface area contributed by atoms with Gasteiger partial charge in [0.05, 0.1) is 0 Å². The Morgan fingerprint density at radius 3 is 1.60 bits per heavy atom. The highest BCUT2D eigenvalue weighted by Gasteiger charge is 2.08. The van der Waals surface area contributed by atoms with Gasteiger partial charge in [-0.2, -0.15) is 0 Å². The highest BCUT2D eigenvalue weighted by atomic mass is 16.5. The molecule has 40 heavy (non-hydrogen) atoms. The summed E-state index contributed by atoms with van der Waals surface area (Å²) in [6.45, 7) is 4.26. The lowest BCUT2D eigenvalue weighted by atomic mass is 10.1. The smallest absolute Gasteiger partial charge is 0.306 e. The van der Waals surface area contributed by atoms with Crippen LogP contribution in [0.3, 0.4) is 0 Å². The molecule has 4 nitrogen and oxygen atoms in total. The normalized spacial score (nSPS) is 13.4. The van der Waals surface area contributed by atoms with Crippen LogP contribution in [0.4, 0.5) is 0 Å². The number of allylic oxidation sites excluding steroid dienone is 12. The second-order valence-electron chi connectivity index (χ2n) is 9.87. The molecule has 0 amide bonds. The van der Waals surface area contributed by atoms with Crippen molar-refractivity contribution in [1.82, 2.24) is 0 Å². The molecule has 0 aliphatic rings. The van der Waals surface area contributed by atoms with Gasteiger partial charge in [-0.3, -0.25) is 9.59 Å². The van der Waals surface area contributed by atoms with Crippen LogP contribution in [-0.2, 0) is 14.3 Å². The molecule has 0 saturated heterocycles. The molecule has 1 unspecified atom stereocenters. The minimum Gasteiger partial charge on any atom is -0.481 e. The fourth-order valence-electron chi connectivity index (χ4n) is 3.84. The number of aliphatic carboxylic acids is 1. The molecule has 0 spiro atoms. The predicted octanol–water partition coefficient (Wildman–Crippen LogP) is 10.5. The summed E-state index contributed by atoms with van der Waals surface area (Å²) in [6.07, 6.45) is 44.9. The van der Waals surface area contributed by atoms with Gasteiger partial charge in [-0.25, -0.2) is 0 Å². The number of hydrogen-bond acceptors (Lipinski definition) is 3. The number of ether oxygens (including phenoxy) is 1. The van der Waals surface area contributed by atoms with Crippen LogP contribution in [0.5, 0.6) is 0 Å². The number of unbranched alkanes of at least 4 members (excludes halogenated alkanes) is 7. The molecule has 0 radical (unpaired) electrons. The lowest BCUT2D eigenvalue weighted by Gasteiger charge is -2.11. The lowest BCUT2D eigenvalue weighted by molar-refractivity contribution is -0.145. The van der Waals surface area contributed by atoms with Gasteiger partial charge in [0.15, 0.2) is 0 Å². The summed E-state index contributed by atoms with van der Waals surface area (Å²) in [5.41, 5.74) is 0. The molecule has 0 bridgehead atoms. The Balaban J connectivity index is 4.10. The average molecular weight is 553 g/mol. The number of hydrogen-bond donors (Lipinski definition) is 1. The van der Waals surface area contributed by atoms with Gasteiger partial charge in [-0.05, 0) is 89.2 Å². The highest BCUT2D eigenvalue weighted by Crippen LogP contribution is 2.10. The van der Waals surface area contributed by atoms with Crippen LogP contribution < -0.4 is 0 Å². The maximum atomic E-state index is 12.4. The van der Waals surface area contributed by atoms with Crippen molar-refractivity contribution in [1.29, 1.82) is 0 Å². The average Bonchev–Trinajstić information content (AvgIpc) is 2.93. The molecule has 1 N–H and O–H groups in total. The van der Waals surface area contributed by atoms with Crippen molar-refractivity contribution in [3.63, 3.8) is 0 Å². The van der Waals surface area contributed by atoms with E-state index in [1.54, 1.807) is 0 Å². The van der Waals surface area contributed by atoms with Gasteiger partial charge in [-0.15, -0.1) is 0 Å². The number of carbonyl (C=O) groups excluding carboxylic acids is 1. The molecule has 0 aliphatic heterocycles.